The molecule has 0 aliphatic heterocycles. The molecule has 0 bridgehead atoms. The zero-order valence-corrected chi connectivity index (χ0v) is 13.9. The number of hydrogen-bond donors (Lipinski definition) is 0. The monoisotopic (exact) mass is 355 g/mol. The van der Waals surface area contributed by atoms with Crippen LogP contribution < -0.4 is 4.74 Å². The molecule has 0 unspecified atom stereocenters. The number of hydrogen-bond acceptors (Lipinski definition) is 4. The van der Waals surface area contributed by atoms with E-state index in [2.05, 4.69) is 4.98 Å². The number of aromatic nitrogens is 1. The minimum absolute atomic E-state index is 0.177. The predicted molar refractivity (Wildman–Crippen MR) is 91.7 cm³/mol. The van der Waals surface area contributed by atoms with E-state index >= 15 is 0 Å². The van der Waals surface area contributed by atoms with Crippen LogP contribution in [0.2, 0.25) is 0 Å². The van der Waals surface area contributed by atoms with E-state index in [0.29, 0.717) is 5.56 Å². The summed E-state index contributed by atoms with van der Waals surface area (Å²) in [6.07, 6.45) is 0. The Morgan fingerprint density at radius 1 is 1.00 bits per heavy atom. The van der Waals surface area contributed by atoms with Gasteiger partial charge in [0.05, 0.1) is 18.4 Å². The molecule has 0 spiro atoms. The van der Waals surface area contributed by atoms with Gasteiger partial charge in [-0.3, -0.25) is 0 Å². The molecule has 0 aliphatic rings. The molecule has 3 aromatic rings. The number of carbonyl (C=O) groups excluding carboxylic acids is 1. The van der Waals surface area contributed by atoms with Gasteiger partial charge >= 0.3 is 5.97 Å². The minimum atomic E-state index is -1.00. The molecular formula is C20H15F2NO3. The van der Waals surface area contributed by atoms with Crippen LogP contribution in [0.5, 0.6) is 5.88 Å². The highest BCUT2D eigenvalue weighted by atomic mass is 19.2. The van der Waals surface area contributed by atoms with E-state index in [1.54, 1.807) is 0 Å². The van der Waals surface area contributed by atoms with Crippen molar-refractivity contribution in [2.24, 2.45) is 0 Å². The van der Waals surface area contributed by atoms with E-state index in [0.717, 1.165) is 17.7 Å². The molecule has 132 valence electrons. The van der Waals surface area contributed by atoms with Crippen LogP contribution in [0.15, 0.2) is 60.7 Å². The molecule has 26 heavy (non-hydrogen) atoms. The van der Waals surface area contributed by atoms with Crippen LogP contribution in [-0.4, -0.2) is 18.1 Å². The number of pyridine rings is 1. The number of benzene rings is 2. The third-order valence-corrected chi connectivity index (χ3v) is 3.67. The highest BCUT2D eigenvalue weighted by Gasteiger charge is 2.14. The maximum Gasteiger partial charge on any atom is 0.338 e. The van der Waals surface area contributed by atoms with E-state index in [4.69, 9.17) is 9.47 Å². The lowest BCUT2D eigenvalue weighted by Gasteiger charge is -2.10. The van der Waals surface area contributed by atoms with Gasteiger partial charge in [0.15, 0.2) is 11.6 Å². The van der Waals surface area contributed by atoms with E-state index in [1.807, 2.05) is 30.3 Å². The van der Waals surface area contributed by atoms with Gasteiger partial charge in [-0.15, -0.1) is 0 Å². The average Bonchev–Trinajstić information content (AvgIpc) is 2.68. The second kappa shape index (κ2) is 7.74. The highest BCUT2D eigenvalue weighted by molar-refractivity contribution is 5.91. The van der Waals surface area contributed by atoms with Crippen molar-refractivity contribution in [2.75, 3.05) is 7.11 Å². The molecule has 0 radical (unpaired) electrons. The molecule has 3 rings (SSSR count). The molecule has 1 aromatic heterocycles. The average molecular weight is 355 g/mol. The molecule has 0 saturated heterocycles. The molecule has 0 aliphatic carbocycles. The van der Waals surface area contributed by atoms with Crippen molar-refractivity contribution < 1.29 is 23.0 Å². The standard InChI is InChI=1S/C20H15F2NO3/c1-25-20(24)15-10-18(14-7-8-16(21)17(22)9-14)23-19(11-15)26-12-13-5-3-2-4-6-13/h2-11H,12H2,1H3. The van der Waals surface area contributed by atoms with Crippen molar-refractivity contribution in [1.82, 2.24) is 4.98 Å². The molecule has 2 aromatic carbocycles. The summed E-state index contributed by atoms with van der Waals surface area (Å²) in [5, 5.41) is 0. The number of ether oxygens (including phenoxy) is 2. The second-order valence-corrected chi connectivity index (χ2v) is 5.47. The van der Waals surface area contributed by atoms with Crippen LogP contribution in [0.3, 0.4) is 0 Å². The Kier molecular flexibility index (Phi) is 5.22. The molecule has 0 saturated carbocycles. The maximum atomic E-state index is 13.5. The molecule has 6 heteroatoms. The van der Waals surface area contributed by atoms with Crippen LogP contribution in [0, 0.1) is 11.6 Å². The van der Waals surface area contributed by atoms with Crippen molar-refractivity contribution in [3.8, 4) is 17.1 Å². The van der Waals surface area contributed by atoms with Gasteiger partial charge in [0.2, 0.25) is 5.88 Å². The van der Waals surface area contributed by atoms with Crippen LogP contribution in [0.1, 0.15) is 15.9 Å². The van der Waals surface area contributed by atoms with E-state index < -0.39 is 17.6 Å². The number of nitrogens with zero attached hydrogens (tertiary/aromatic N) is 1. The SMILES string of the molecule is COC(=O)c1cc(OCc2ccccc2)nc(-c2ccc(F)c(F)c2)c1. The van der Waals surface area contributed by atoms with Gasteiger partial charge in [0.25, 0.3) is 0 Å². The van der Waals surface area contributed by atoms with Crippen LogP contribution in [0.25, 0.3) is 11.3 Å². The van der Waals surface area contributed by atoms with Crippen LogP contribution in [0.4, 0.5) is 8.78 Å². The number of rotatable bonds is 5. The minimum Gasteiger partial charge on any atom is -0.473 e. The van der Waals surface area contributed by atoms with Crippen molar-refractivity contribution in [3.63, 3.8) is 0 Å². The summed E-state index contributed by atoms with van der Waals surface area (Å²) in [6, 6.07) is 15.7. The quantitative estimate of drug-likeness (QED) is 0.637. The third kappa shape index (κ3) is 4.03. The largest absolute Gasteiger partial charge is 0.473 e. The normalized spacial score (nSPS) is 10.4. The van der Waals surface area contributed by atoms with Crippen molar-refractivity contribution in [2.45, 2.75) is 6.61 Å². The van der Waals surface area contributed by atoms with Gasteiger partial charge in [0, 0.05) is 11.6 Å². The summed E-state index contributed by atoms with van der Waals surface area (Å²) < 4.78 is 37.1. The predicted octanol–water partition coefficient (Wildman–Crippen LogP) is 4.39. The summed E-state index contributed by atoms with van der Waals surface area (Å²) in [7, 11) is 1.25. The molecule has 0 amide bonds. The number of methoxy groups -OCH3 is 1. The zero-order valence-electron chi connectivity index (χ0n) is 13.9. The fourth-order valence-corrected chi connectivity index (χ4v) is 2.35. The Bertz CT molecular complexity index is 930. The van der Waals surface area contributed by atoms with E-state index in [1.165, 1.54) is 25.3 Å². The van der Waals surface area contributed by atoms with E-state index in [9.17, 15) is 13.6 Å². The fourth-order valence-electron chi connectivity index (χ4n) is 2.35. The van der Waals surface area contributed by atoms with Crippen LogP contribution in [-0.2, 0) is 11.3 Å². The van der Waals surface area contributed by atoms with Crippen molar-refractivity contribution in [1.29, 1.82) is 0 Å². The first-order valence-electron chi connectivity index (χ1n) is 7.79. The van der Waals surface area contributed by atoms with Gasteiger partial charge in [-0.05, 0) is 29.8 Å². The lowest BCUT2D eigenvalue weighted by Crippen LogP contribution is -2.05. The van der Waals surface area contributed by atoms with Crippen molar-refractivity contribution >= 4 is 5.97 Å². The zero-order chi connectivity index (χ0) is 18.5. The molecule has 0 N–H and O–H groups in total. The topological polar surface area (TPSA) is 48.4 Å². The Labute approximate surface area is 149 Å². The Morgan fingerprint density at radius 3 is 2.46 bits per heavy atom. The van der Waals surface area contributed by atoms with Gasteiger partial charge in [-0.2, -0.15) is 0 Å². The van der Waals surface area contributed by atoms with Crippen LogP contribution >= 0.6 is 0 Å². The maximum absolute atomic E-state index is 13.5. The van der Waals surface area contributed by atoms with Gasteiger partial charge in [0.1, 0.15) is 6.61 Å². The van der Waals surface area contributed by atoms with Gasteiger partial charge < -0.3 is 9.47 Å². The fraction of sp³-hybridized carbons (Fsp3) is 0.100. The van der Waals surface area contributed by atoms with Gasteiger partial charge in [-0.25, -0.2) is 18.6 Å². The smallest absolute Gasteiger partial charge is 0.338 e. The summed E-state index contributed by atoms with van der Waals surface area (Å²) >= 11 is 0. The van der Waals surface area contributed by atoms with Gasteiger partial charge in [-0.1, -0.05) is 30.3 Å². The first-order valence-corrected chi connectivity index (χ1v) is 7.79. The first-order chi connectivity index (χ1) is 12.6. The summed E-state index contributed by atoms with van der Waals surface area (Å²) in [6.45, 7) is 0.246. The summed E-state index contributed by atoms with van der Waals surface area (Å²) in [4.78, 5) is 16.2. The molecule has 4 nitrogen and oxygen atoms in total. The van der Waals surface area contributed by atoms with E-state index in [-0.39, 0.29) is 23.7 Å². The molecule has 0 fully saturated rings. The Balaban J connectivity index is 1.95. The number of carbonyl (C=O) groups is 1. The Hall–Kier alpha value is -3.28. The van der Waals surface area contributed by atoms with Crippen molar-refractivity contribution in [3.05, 3.63) is 83.4 Å². The lowest BCUT2D eigenvalue weighted by atomic mass is 10.1. The highest BCUT2D eigenvalue weighted by Crippen LogP contribution is 2.25. The lowest BCUT2D eigenvalue weighted by molar-refractivity contribution is 0.0600. The summed E-state index contributed by atoms with van der Waals surface area (Å²) in [5.74, 6) is -2.37. The first kappa shape index (κ1) is 17.5. The Morgan fingerprint density at radius 2 is 1.77 bits per heavy atom. The molecule has 0 atom stereocenters. The second-order valence-electron chi connectivity index (χ2n) is 5.47. The summed E-state index contributed by atoms with van der Waals surface area (Å²) in [5.41, 5.74) is 1.71. The molecular weight excluding hydrogens is 340 g/mol. The number of halogens is 2. The third-order valence-electron chi connectivity index (χ3n) is 3.67. The molecule has 1 heterocycles. The number of esters is 1.